The highest BCUT2D eigenvalue weighted by atomic mass is 19.4. The number of methoxy groups -OCH3 is 1. The number of hydrogen-bond donors (Lipinski definition) is 2. The number of non-ortho nitro benzene ring substituents is 1. The number of aromatic nitrogens is 1. The number of benzene rings is 3. The van der Waals surface area contributed by atoms with Gasteiger partial charge in [-0.25, -0.2) is 0 Å². The predicted octanol–water partition coefficient (Wildman–Crippen LogP) is 5.94. The van der Waals surface area contributed by atoms with Crippen molar-refractivity contribution in [2.45, 2.75) is 25.7 Å². The molecule has 0 aliphatic heterocycles. The maximum Gasteiger partial charge on any atom is 0.416 e. The number of anilines is 1. The number of nitrogens with zero attached hydrogens (tertiary/aromatic N) is 2. The molecule has 0 fully saturated rings. The lowest BCUT2D eigenvalue weighted by Gasteiger charge is -2.26. The predicted molar refractivity (Wildman–Crippen MR) is 131 cm³/mol. The SMILES string of the molecule is COc1ccc([N+](=O)[O-])cc1CN(Cc1ccc(C(F)(F)F)cc1)c1ccc2[nH]c(CC(=O)O)cc2c1. The van der Waals surface area contributed by atoms with E-state index >= 15 is 0 Å². The standard InChI is InChI=1S/C26H22F3N3O5/c1-37-24-9-7-22(32(35)36)12-18(24)15-31(14-16-2-4-19(5-3-16)26(27,28)29)21-6-8-23-17(11-21)10-20(30-23)13-25(33)34/h2-12,30H,13-15H2,1H3,(H,33,34). The third-order valence-corrected chi connectivity index (χ3v) is 5.86. The van der Waals surface area contributed by atoms with Crippen molar-refractivity contribution in [2.24, 2.45) is 0 Å². The average Bonchev–Trinajstić information content (AvgIpc) is 3.24. The first-order valence-corrected chi connectivity index (χ1v) is 11.1. The van der Waals surface area contributed by atoms with E-state index in [9.17, 15) is 28.1 Å². The molecule has 0 spiro atoms. The summed E-state index contributed by atoms with van der Waals surface area (Å²) in [7, 11) is 1.45. The van der Waals surface area contributed by atoms with E-state index in [0.29, 0.717) is 28.3 Å². The zero-order valence-corrected chi connectivity index (χ0v) is 19.6. The van der Waals surface area contributed by atoms with Gasteiger partial charge < -0.3 is 19.7 Å². The number of hydrogen-bond acceptors (Lipinski definition) is 5. The Morgan fingerprint density at radius 1 is 1.05 bits per heavy atom. The van der Waals surface area contributed by atoms with Crippen LogP contribution in [0, 0.1) is 10.1 Å². The molecule has 0 unspecified atom stereocenters. The Hall–Kier alpha value is -4.54. The summed E-state index contributed by atoms with van der Waals surface area (Å²) in [5.74, 6) is -0.553. The third kappa shape index (κ3) is 6.00. The molecule has 0 saturated carbocycles. The molecule has 1 heterocycles. The molecule has 1 aromatic heterocycles. The summed E-state index contributed by atoms with van der Waals surface area (Å²) in [6.45, 7) is 0.353. The number of nitro groups is 1. The molecule has 0 aliphatic carbocycles. The second-order valence-electron chi connectivity index (χ2n) is 8.44. The topological polar surface area (TPSA) is 109 Å². The number of aliphatic carboxylic acids is 1. The Balaban J connectivity index is 1.73. The summed E-state index contributed by atoms with van der Waals surface area (Å²) < 4.78 is 44.5. The summed E-state index contributed by atoms with van der Waals surface area (Å²) in [6, 6.07) is 16.1. The smallest absolute Gasteiger partial charge is 0.416 e. The first-order chi connectivity index (χ1) is 17.5. The quantitative estimate of drug-likeness (QED) is 0.212. The Labute approximate surface area is 209 Å². The third-order valence-electron chi connectivity index (χ3n) is 5.86. The summed E-state index contributed by atoms with van der Waals surface area (Å²) >= 11 is 0. The van der Waals surface area contributed by atoms with E-state index in [0.717, 1.165) is 23.0 Å². The highest BCUT2D eigenvalue weighted by Gasteiger charge is 2.30. The average molecular weight is 513 g/mol. The second kappa shape index (κ2) is 10.2. The van der Waals surface area contributed by atoms with Crippen molar-refractivity contribution in [1.29, 1.82) is 0 Å². The number of fused-ring (bicyclic) bond motifs is 1. The van der Waals surface area contributed by atoms with E-state index < -0.39 is 22.6 Å². The summed E-state index contributed by atoms with van der Waals surface area (Å²) in [5.41, 5.74) is 2.16. The van der Waals surface area contributed by atoms with Crippen LogP contribution in [0.1, 0.15) is 22.4 Å². The highest BCUT2D eigenvalue weighted by Crippen LogP contribution is 2.32. The van der Waals surface area contributed by atoms with E-state index in [1.807, 2.05) is 11.0 Å². The van der Waals surface area contributed by atoms with Crippen LogP contribution in [-0.2, 0) is 30.5 Å². The number of carbonyl (C=O) groups is 1. The zero-order valence-electron chi connectivity index (χ0n) is 19.6. The molecule has 4 aromatic rings. The molecule has 0 radical (unpaired) electrons. The van der Waals surface area contributed by atoms with Gasteiger partial charge in [0.25, 0.3) is 5.69 Å². The van der Waals surface area contributed by atoms with Gasteiger partial charge in [-0.2, -0.15) is 13.2 Å². The molecule has 2 N–H and O–H groups in total. The van der Waals surface area contributed by atoms with E-state index in [4.69, 9.17) is 9.84 Å². The van der Waals surface area contributed by atoms with E-state index in [1.54, 1.807) is 18.2 Å². The van der Waals surface area contributed by atoms with E-state index in [-0.39, 0.29) is 25.2 Å². The van der Waals surface area contributed by atoms with Crippen LogP contribution in [0.2, 0.25) is 0 Å². The van der Waals surface area contributed by atoms with Crippen LogP contribution in [0.3, 0.4) is 0 Å². The van der Waals surface area contributed by atoms with Crippen LogP contribution in [0.15, 0.2) is 66.7 Å². The fraction of sp³-hybridized carbons (Fsp3) is 0.192. The number of H-pyrrole nitrogens is 1. The van der Waals surface area contributed by atoms with Gasteiger partial charge in [-0.1, -0.05) is 12.1 Å². The number of carboxylic acids is 1. The number of carboxylic acid groups (broad SMARTS) is 1. The van der Waals surface area contributed by atoms with Crippen molar-refractivity contribution in [3.8, 4) is 5.75 Å². The van der Waals surface area contributed by atoms with Crippen molar-refractivity contribution in [1.82, 2.24) is 4.98 Å². The molecule has 192 valence electrons. The van der Waals surface area contributed by atoms with Crippen LogP contribution in [0.4, 0.5) is 24.5 Å². The second-order valence-corrected chi connectivity index (χ2v) is 8.44. The number of ether oxygens (including phenoxy) is 1. The molecule has 0 amide bonds. The minimum absolute atomic E-state index is 0.121. The van der Waals surface area contributed by atoms with Crippen LogP contribution in [-0.4, -0.2) is 28.1 Å². The molecular weight excluding hydrogens is 491 g/mol. The van der Waals surface area contributed by atoms with Crippen LogP contribution in [0.25, 0.3) is 10.9 Å². The molecule has 0 atom stereocenters. The number of alkyl halides is 3. The van der Waals surface area contributed by atoms with Crippen LogP contribution >= 0.6 is 0 Å². The van der Waals surface area contributed by atoms with Crippen molar-refractivity contribution in [3.05, 3.63) is 99.2 Å². The minimum Gasteiger partial charge on any atom is -0.496 e. The lowest BCUT2D eigenvalue weighted by molar-refractivity contribution is -0.384. The van der Waals surface area contributed by atoms with Crippen LogP contribution in [0.5, 0.6) is 5.75 Å². The first kappa shape index (κ1) is 25.5. The van der Waals surface area contributed by atoms with Gasteiger partial charge in [0, 0.05) is 53.1 Å². The van der Waals surface area contributed by atoms with Crippen molar-refractivity contribution in [2.75, 3.05) is 12.0 Å². The molecule has 0 saturated heterocycles. The highest BCUT2D eigenvalue weighted by molar-refractivity contribution is 5.85. The number of aromatic amines is 1. The largest absolute Gasteiger partial charge is 0.496 e. The van der Waals surface area contributed by atoms with E-state index in [1.165, 1.54) is 37.4 Å². The number of nitro benzene ring substituents is 1. The number of rotatable bonds is 9. The lowest BCUT2D eigenvalue weighted by atomic mass is 10.1. The lowest BCUT2D eigenvalue weighted by Crippen LogP contribution is -2.22. The van der Waals surface area contributed by atoms with E-state index in [2.05, 4.69) is 4.98 Å². The molecular formula is C26H22F3N3O5. The molecule has 0 bridgehead atoms. The Morgan fingerprint density at radius 3 is 2.41 bits per heavy atom. The Bertz CT molecular complexity index is 1450. The van der Waals surface area contributed by atoms with Gasteiger partial charge in [0.15, 0.2) is 0 Å². The maximum atomic E-state index is 13.0. The van der Waals surface area contributed by atoms with Crippen LogP contribution < -0.4 is 9.64 Å². The van der Waals surface area contributed by atoms with Gasteiger partial charge in [-0.3, -0.25) is 14.9 Å². The van der Waals surface area contributed by atoms with Gasteiger partial charge in [0.2, 0.25) is 0 Å². The van der Waals surface area contributed by atoms with Gasteiger partial charge >= 0.3 is 12.1 Å². The van der Waals surface area contributed by atoms with Crippen molar-refractivity contribution in [3.63, 3.8) is 0 Å². The Morgan fingerprint density at radius 2 is 1.78 bits per heavy atom. The van der Waals surface area contributed by atoms with Gasteiger partial charge in [-0.15, -0.1) is 0 Å². The van der Waals surface area contributed by atoms with Crippen molar-refractivity contribution >= 4 is 28.2 Å². The monoisotopic (exact) mass is 513 g/mol. The summed E-state index contributed by atoms with van der Waals surface area (Å²) in [4.78, 5) is 26.8. The normalized spacial score (nSPS) is 11.5. The molecule has 3 aromatic carbocycles. The summed E-state index contributed by atoms with van der Waals surface area (Å²) in [5, 5.41) is 21.2. The van der Waals surface area contributed by atoms with Gasteiger partial charge in [0.05, 0.1) is 24.0 Å². The van der Waals surface area contributed by atoms with Gasteiger partial charge in [-0.05, 0) is 48.0 Å². The summed E-state index contributed by atoms with van der Waals surface area (Å²) in [6.07, 6.45) is -4.63. The molecule has 37 heavy (non-hydrogen) atoms. The zero-order chi connectivity index (χ0) is 26.7. The van der Waals surface area contributed by atoms with Gasteiger partial charge in [0.1, 0.15) is 5.75 Å². The fourth-order valence-electron chi connectivity index (χ4n) is 4.10. The molecule has 8 nitrogen and oxygen atoms in total. The maximum absolute atomic E-state index is 13.0. The molecule has 11 heteroatoms. The fourth-order valence-corrected chi connectivity index (χ4v) is 4.10. The number of halogens is 3. The minimum atomic E-state index is -4.46. The first-order valence-electron chi connectivity index (χ1n) is 11.1. The van der Waals surface area contributed by atoms with Crippen molar-refractivity contribution < 1.29 is 32.7 Å². The Kier molecular flexibility index (Phi) is 7.05. The number of nitrogens with one attached hydrogen (secondary N) is 1. The molecule has 4 rings (SSSR count). The molecule has 0 aliphatic rings.